The first-order valence-corrected chi connectivity index (χ1v) is 5.91. The highest BCUT2D eigenvalue weighted by atomic mass is 16.4. The summed E-state index contributed by atoms with van der Waals surface area (Å²) in [5.74, 6) is 0.521. The number of hydrogen-bond donors (Lipinski definition) is 1. The van der Waals surface area contributed by atoms with Crippen LogP contribution in [0.2, 0.25) is 0 Å². The van der Waals surface area contributed by atoms with Gasteiger partial charge in [-0.05, 0) is 5.41 Å². The molecule has 0 saturated heterocycles. The molecule has 2 N–H and O–H groups in total. The molecule has 0 bridgehead atoms. The Morgan fingerprint density at radius 3 is 2.29 bits per heavy atom. The normalized spacial score (nSPS) is 12.6. The van der Waals surface area contributed by atoms with E-state index in [1.54, 1.807) is 0 Å². The third kappa shape index (κ3) is 4.97. The summed E-state index contributed by atoms with van der Waals surface area (Å²) in [5, 5.41) is 7.68. The number of rotatable bonds is 3. The summed E-state index contributed by atoms with van der Waals surface area (Å²) in [7, 11) is 0. The Balaban J connectivity index is 0.00000121. The van der Waals surface area contributed by atoms with Crippen LogP contribution in [0.15, 0.2) is 4.42 Å². The molecular formula is C12H23N3O2. The predicted octanol–water partition coefficient (Wildman–Crippen LogP) is 2.27. The van der Waals surface area contributed by atoms with Crippen LogP contribution >= 0.6 is 0 Å². The maximum absolute atomic E-state index is 10.6. The van der Waals surface area contributed by atoms with E-state index < -0.39 is 5.91 Å². The number of primary amides is 1. The first-order valence-electron chi connectivity index (χ1n) is 5.91. The SMILES string of the molecule is CC.CC(c1nnc(CC(N)=O)o1)C(C)(C)C. The number of hydrogen-bond acceptors (Lipinski definition) is 4. The van der Waals surface area contributed by atoms with Crippen molar-refractivity contribution in [2.45, 2.75) is 53.9 Å². The van der Waals surface area contributed by atoms with Gasteiger partial charge in [-0.15, -0.1) is 10.2 Å². The molecule has 98 valence electrons. The average molecular weight is 241 g/mol. The lowest BCUT2D eigenvalue weighted by molar-refractivity contribution is -0.117. The largest absolute Gasteiger partial charge is 0.424 e. The van der Waals surface area contributed by atoms with Crippen molar-refractivity contribution in [2.75, 3.05) is 0 Å². The second-order valence-electron chi connectivity index (χ2n) is 4.76. The van der Waals surface area contributed by atoms with Crippen LogP contribution in [-0.2, 0) is 11.2 Å². The molecule has 1 unspecified atom stereocenters. The van der Waals surface area contributed by atoms with Crippen molar-refractivity contribution in [2.24, 2.45) is 11.1 Å². The molecule has 1 atom stereocenters. The molecule has 0 radical (unpaired) electrons. The van der Waals surface area contributed by atoms with Crippen molar-refractivity contribution in [3.63, 3.8) is 0 Å². The third-order valence-corrected chi connectivity index (χ3v) is 2.48. The van der Waals surface area contributed by atoms with Crippen molar-refractivity contribution < 1.29 is 9.21 Å². The molecule has 5 nitrogen and oxygen atoms in total. The standard InChI is InChI=1S/C10H17N3O2.C2H6/c1-6(10(2,3)4)9-13-12-8(15-9)5-7(11)14;1-2/h6H,5H2,1-4H3,(H2,11,14);1-2H3. The van der Waals surface area contributed by atoms with Gasteiger partial charge in [0, 0.05) is 5.92 Å². The fourth-order valence-electron chi connectivity index (χ4n) is 1.03. The van der Waals surface area contributed by atoms with Gasteiger partial charge in [0.1, 0.15) is 6.42 Å². The summed E-state index contributed by atoms with van der Waals surface area (Å²) in [6.07, 6.45) is 0.00383. The Morgan fingerprint density at radius 2 is 1.88 bits per heavy atom. The van der Waals surface area contributed by atoms with E-state index in [2.05, 4.69) is 31.0 Å². The van der Waals surface area contributed by atoms with Gasteiger partial charge in [-0.25, -0.2) is 0 Å². The summed E-state index contributed by atoms with van der Waals surface area (Å²) in [6.45, 7) is 12.3. The first-order chi connectivity index (χ1) is 7.80. The molecule has 1 aromatic rings. The number of carbonyl (C=O) groups is 1. The predicted molar refractivity (Wildman–Crippen MR) is 66.4 cm³/mol. The van der Waals surface area contributed by atoms with Gasteiger partial charge in [-0.3, -0.25) is 4.79 Å². The Labute approximate surface area is 103 Å². The molecule has 0 aliphatic heterocycles. The lowest BCUT2D eigenvalue weighted by Crippen LogP contribution is -2.15. The molecule has 0 aliphatic rings. The van der Waals surface area contributed by atoms with Crippen LogP contribution < -0.4 is 5.73 Å². The summed E-state index contributed by atoms with van der Waals surface area (Å²) in [5.41, 5.74) is 5.08. The Hall–Kier alpha value is -1.39. The van der Waals surface area contributed by atoms with E-state index in [1.165, 1.54) is 0 Å². The van der Waals surface area contributed by atoms with Crippen LogP contribution in [0.25, 0.3) is 0 Å². The maximum Gasteiger partial charge on any atom is 0.226 e. The molecule has 0 aromatic carbocycles. The highest BCUT2D eigenvalue weighted by Crippen LogP contribution is 2.33. The molecule has 5 heteroatoms. The van der Waals surface area contributed by atoms with Gasteiger partial charge >= 0.3 is 0 Å². The molecule has 0 aliphatic carbocycles. The van der Waals surface area contributed by atoms with Crippen LogP contribution in [0, 0.1) is 5.41 Å². The van der Waals surface area contributed by atoms with E-state index in [9.17, 15) is 4.79 Å². The second kappa shape index (κ2) is 6.37. The van der Waals surface area contributed by atoms with E-state index in [-0.39, 0.29) is 23.6 Å². The topological polar surface area (TPSA) is 82.0 Å². The molecule has 0 fully saturated rings. The summed E-state index contributed by atoms with van der Waals surface area (Å²) in [4.78, 5) is 10.6. The van der Waals surface area contributed by atoms with Gasteiger partial charge in [-0.1, -0.05) is 41.5 Å². The Morgan fingerprint density at radius 1 is 1.35 bits per heavy atom. The molecule has 0 saturated carbocycles. The van der Waals surface area contributed by atoms with Gasteiger partial charge in [0.05, 0.1) is 0 Å². The van der Waals surface area contributed by atoms with Crippen LogP contribution in [-0.4, -0.2) is 16.1 Å². The lowest BCUT2D eigenvalue weighted by Gasteiger charge is -2.23. The van der Waals surface area contributed by atoms with E-state index >= 15 is 0 Å². The van der Waals surface area contributed by atoms with Crippen molar-refractivity contribution in [3.05, 3.63) is 11.8 Å². The summed E-state index contributed by atoms with van der Waals surface area (Å²) in [6, 6.07) is 0. The monoisotopic (exact) mass is 241 g/mol. The van der Waals surface area contributed by atoms with Crippen LogP contribution in [0.3, 0.4) is 0 Å². The van der Waals surface area contributed by atoms with E-state index in [0.29, 0.717) is 5.89 Å². The lowest BCUT2D eigenvalue weighted by atomic mass is 9.82. The molecule has 1 heterocycles. The smallest absolute Gasteiger partial charge is 0.226 e. The van der Waals surface area contributed by atoms with Crippen molar-refractivity contribution in [1.82, 2.24) is 10.2 Å². The highest BCUT2D eigenvalue weighted by molar-refractivity contribution is 5.75. The van der Waals surface area contributed by atoms with Gasteiger partial charge in [-0.2, -0.15) is 0 Å². The minimum absolute atomic E-state index is 0.00383. The van der Waals surface area contributed by atoms with Crippen LogP contribution in [0.1, 0.15) is 59.2 Å². The van der Waals surface area contributed by atoms with E-state index in [4.69, 9.17) is 10.2 Å². The van der Waals surface area contributed by atoms with Gasteiger partial charge in [0.2, 0.25) is 17.7 Å². The summed E-state index contributed by atoms with van der Waals surface area (Å²) < 4.78 is 5.36. The molecule has 1 aromatic heterocycles. The van der Waals surface area contributed by atoms with E-state index in [0.717, 1.165) is 0 Å². The van der Waals surface area contributed by atoms with Crippen molar-refractivity contribution in [1.29, 1.82) is 0 Å². The van der Waals surface area contributed by atoms with Gasteiger partial charge in [0.25, 0.3) is 0 Å². The number of aromatic nitrogens is 2. The van der Waals surface area contributed by atoms with Crippen LogP contribution in [0.5, 0.6) is 0 Å². The van der Waals surface area contributed by atoms with Gasteiger partial charge < -0.3 is 10.2 Å². The fourth-order valence-corrected chi connectivity index (χ4v) is 1.03. The molecule has 17 heavy (non-hydrogen) atoms. The third-order valence-electron chi connectivity index (χ3n) is 2.48. The first kappa shape index (κ1) is 15.6. The number of nitrogens with zero attached hydrogens (tertiary/aromatic N) is 2. The van der Waals surface area contributed by atoms with Crippen molar-refractivity contribution in [3.8, 4) is 0 Å². The van der Waals surface area contributed by atoms with Gasteiger partial charge in [0.15, 0.2) is 0 Å². The van der Waals surface area contributed by atoms with E-state index in [1.807, 2.05) is 20.8 Å². The zero-order valence-corrected chi connectivity index (χ0v) is 11.6. The molecular weight excluding hydrogens is 218 g/mol. The Bertz CT molecular complexity index is 353. The van der Waals surface area contributed by atoms with Crippen LogP contribution in [0.4, 0.5) is 0 Å². The zero-order valence-electron chi connectivity index (χ0n) is 11.6. The fraction of sp³-hybridized carbons (Fsp3) is 0.750. The average Bonchev–Trinajstić information content (AvgIpc) is 2.65. The Kier molecular flexibility index (Phi) is 5.85. The number of nitrogens with two attached hydrogens (primary N) is 1. The second-order valence-corrected chi connectivity index (χ2v) is 4.76. The minimum atomic E-state index is -0.464. The zero-order chi connectivity index (χ0) is 13.6. The highest BCUT2D eigenvalue weighted by Gasteiger charge is 2.26. The molecule has 0 spiro atoms. The minimum Gasteiger partial charge on any atom is -0.424 e. The number of amides is 1. The molecule has 1 rings (SSSR count). The maximum atomic E-state index is 10.6. The molecule has 1 amide bonds. The quantitative estimate of drug-likeness (QED) is 0.880. The summed E-state index contributed by atoms with van der Waals surface area (Å²) >= 11 is 0. The number of carbonyl (C=O) groups excluding carboxylic acids is 1. The van der Waals surface area contributed by atoms with Crippen molar-refractivity contribution >= 4 is 5.91 Å².